The average molecular weight is 342 g/mol. The van der Waals surface area contributed by atoms with Gasteiger partial charge in [0.1, 0.15) is 10.5 Å². The molecule has 1 heterocycles. The molecular weight excluding hydrogens is 328 g/mol. The molecule has 0 N–H and O–H groups in total. The predicted octanol–water partition coefficient (Wildman–Crippen LogP) is 1.69. The molecule has 2 rings (SSSR count). The summed E-state index contributed by atoms with van der Waals surface area (Å²) in [5.41, 5.74) is 0.403. The van der Waals surface area contributed by atoms with Gasteiger partial charge in [-0.25, -0.2) is 4.79 Å². The van der Waals surface area contributed by atoms with Gasteiger partial charge in [0.25, 0.3) is 0 Å². The van der Waals surface area contributed by atoms with Gasteiger partial charge in [0, 0.05) is 0 Å². The van der Waals surface area contributed by atoms with Crippen LogP contribution in [0.5, 0.6) is 0 Å². The Bertz CT molecular complexity index is 538. The number of methoxy groups -OCH3 is 2. The second-order valence-corrected chi connectivity index (χ2v) is 6.93. The molecule has 1 aliphatic heterocycles. The van der Waals surface area contributed by atoms with E-state index in [2.05, 4.69) is 9.47 Å². The molecule has 0 spiro atoms. The molecule has 0 saturated carbocycles. The summed E-state index contributed by atoms with van der Waals surface area (Å²) >= 11 is 2.13. The lowest BCUT2D eigenvalue weighted by atomic mass is 10.2. The van der Waals surface area contributed by atoms with Crippen LogP contribution in [0.2, 0.25) is 0 Å². The number of thioether (sulfide) groups is 2. The first-order valence-electron chi connectivity index (χ1n) is 6.29. The molecule has 0 radical (unpaired) electrons. The van der Waals surface area contributed by atoms with Crippen molar-refractivity contribution in [3.05, 3.63) is 35.9 Å². The maximum absolute atomic E-state index is 12.0. The summed E-state index contributed by atoms with van der Waals surface area (Å²) in [5, 5.41) is -1.54. The number of rotatable bonds is 4. The van der Waals surface area contributed by atoms with Gasteiger partial charge in [0.15, 0.2) is 4.77 Å². The fraction of sp³-hybridized carbons (Fsp3) is 0.357. The summed E-state index contributed by atoms with van der Waals surface area (Å²) in [6.45, 7) is 0. The van der Waals surface area contributed by atoms with Crippen molar-refractivity contribution in [2.45, 2.75) is 15.3 Å². The van der Waals surface area contributed by atoms with E-state index in [9.17, 15) is 14.4 Å². The van der Waals surface area contributed by atoms with E-state index >= 15 is 0 Å². The minimum Gasteiger partial charge on any atom is -0.468 e. The van der Waals surface area contributed by atoms with Crippen LogP contribution in [-0.4, -0.2) is 47.4 Å². The van der Waals surface area contributed by atoms with Gasteiger partial charge >= 0.3 is 17.9 Å². The Balaban J connectivity index is 2.06. The maximum Gasteiger partial charge on any atom is 0.339 e. The van der Waals surface area contributed by atoms with Crippen LogP contribution in [0.3, 0.4) is 0 Å². The summed E-state index contributed by atoms with van der Waals surface area (Å²) in [7, 11) is 2.48. The van der Waals surface area contributed by atoms with Gasteiger partial charge in [0.2, 0.25) is 0 Å². The van der Waals surface area contributed by atoms with Gasteiger partial charge in [0.05, 0.1) is 19.8 Å². The summed E-state index contributed by atoms with van der Waals surface area (Å²) in [6, 6.07) is 8.49. The van der Waals surface area contributed by atoms with Gasteiger partial charge in [-0.05, 0) is 12.1 Å². The monoisotopic (exact) mass is 342 g/mol. The Morgan fingerprint density at radius 1 is 0.909 bits per heavy atom. The topological polar surface area (TPSA) is 78.9 Å². The second kappa shape index (κ2) is 7.55. The first-order valence-corrected chi connectivity index (χ1v) is 8.18. The zero-order valence-corrected chi connectivity index (χ0v) is 13.5. The summed E-state index contributed by atoms with van der Waals surface area (Å²) in [4.78, 5) is 35.5. The number of benzene rings is 1. The van der Waals surface area contributed by atoms with E-state index in [4.69, 9.17) is 4.74 Å². The molecule has 1 fully saturated rings. The minimum absolute atomic E-state index is 0.403. The summed E-state index contributed by atoms with van der Waals surface area (Å²) < 4.78 is 14.0. The number of carbonyl (C=O) groups excluding carboxylic acids is 3. The molecule has 8 heteroatoms. The molecule has 1 aliphatic rings. The van der Waals surface area contributed by atoms with Gasteiger partial charge in [-0.3, -0.25) is 9.59 Å². The highest BCUT2D eigenvalue weighted by molar-refractivity contribution is 8.21. The number of carbonyl (C=O) groups is 3. The van der Waals surface area contributed by atoms with Crippen molar-refractivity contribution < 1.29 is 28.6 Å². The van der Waals surface area contributed by atoms with Crippen LogP contribution in [0.15, 0.2) is 30.3 Å². The first-order chi connectivity index (χ1) is 10.6. The summed E-state index contributed by atoms with van der Waals surface area (Å²) in [6.07, 6.45) is 0. The third-order valence-electron chi connectivity index (χ3n) is 2.87. The lowest BCUT2D eigenvalue weighted by molar-refractivity contribution is -0.145. The number of hydrogen-bond acceptors (Lipinski definition) is 8. The Morgan fingerprint density at radius 2 is 1.41 bits per heavy atom. The standard InChI is InChI=1S/C14H14O6S2/c1-18-12(16)9-10(13(17)19-2)22-14(21-9)20-11(15)8-6-4-3-5-7-8/h3-7,9-10,14H,1-2H3. The van der Waals surface area contributed by atoms with E-state index in [1.165, 1.54) is 14.2 Å². The molecule has 1 saturated heterocycles. The number of hydrogen-bond donors (Lipinski definition) is 0. The van der Waals surface area contributed by atoms with Crippen molar-refractivity contribution in [3.63, 3.8) is 0 Å². The zero-order chi connectivity index (χ0) is 16.1. The molecule has 2 atom stereocenters. The molecule has 6 nitrogen and oxygen atoms in total. The van der Waals surface area contributed by atoms with Crippen LogP contribution >= 0.6 is 23.5 Å². The van der Waals surface area contributed by atoms with Crippen LogP contribution in [-0.2, 0) is 23.8 Å². The van der Waals surface area contributed by atoms with Crippen molar-refractivity contribution in [2.24, 2.45) is 0 Å². The lowest BCUT2D eigenvalue weighted by Gasteiger charge is -2.11. The predicted molar refractivity (Wildman–Crippen MR) is 82.4 cm³/mol. The normalized spacial score (nSPS) is 23.6. The minimum atomic E-state index is -0.768. The molecule has 0 bridgehead atoms. The van der Waals surface area contributed by atoms with Gasteiger partial charge in [-0.1, -0.05) is 41.7 Å². The van der Waals surface area contributed by atoms with Gasteiger partial charge in [-0.15, -0.1) is 0 Å². The van der Waals surface area contributed by atoms with E-state index in [0.717, 1.165) is 23.5 Å². The van der Waals surface area contributed by atoms with Gasteiger partial charge < -0.3 is 14.2 Å². The quantitative estimate of drug-likeness (QED) is 0.604. The number of ether oxygens (including phenoxy) is 3. The highest BCUT2D eigenvalue weighted by atomic mass is 32.2. The largest absolute Gasteiger partial charge is 0.468 e. The third-order valence-corrected chi connectivity index (χ3v) is 5.86. The molecule has 1 aromatic rings. The van der Waals surface area contributed by atoms with E-state index in [1.807, 2.05) is 0 Å². The van der Waals surface area contributed by atoms with Crippen molar-refractivity contribution in [2.75, 3.05) is 14.2 Å². The van der Waals surface area contributed by atoms with Crippen molar-refractivity contribution in [1.82, 2.24) is 0 Å². The Kier molecular flexibility index (Phi) is 5.73. The Morgan fingerprint density at radius 3 is 1.86 bits per heavy atom. The first kappa shape index (κ1) is 16.7. The van der Waals surface area contributed by atoms with Crippen molar-refractivity contribution >= 4 is 41.4 Å². The van der Waals surface area contributed by atoms with Crippen LogP contribution in [0, 0.1) is 0 Å². The lowest BCUT2D eigenvalue weighted by Crippen LogP contribution is -2.33. The molecule has 118 valence electrons. The van der Waals surface area contributed by atoms with E-state index in [-0.39, 0.29) is 0 Å². The SMILES string of the molecule is COC(=O)C1SC(OC(=O)c2ccccc2)SC1C(=O)OC. The zero-order valence-electron chi connectivity index (χ0n) is 11.9. The Hall–Kier alpha value is -1.67. The molecule has 0 aromatic heterocycles. The fourth-order valence-electron chi connectivity index (χ4n) is 1.79. The van der Waals surface area contributed by atoms with Crippen LogP contribution in [0.1, 0.15) is 10.4 Å². The molecule has 22 heavy (non-hydrogen) atoms. The van der Waals surface area contributed by atoms with Gasteiger partial charge in [-0.2, -0.15) is 0 Å². The Labute approximate surface area is 135 Å². The van der Waals surface area contributed by atoms with Crippen molar-refractivity contribution in [3.8, 4) is 0 Å². The number of esters is 3. The second-order valence-electron chi connectivity index (χ2n) is 4.22. The smallest absolute Gasteiger partial charge is 0.339 e. The van der Waals surface area contributed by atoms with Crippen LogP contribution in [0.25, 0.3) is 0 Å². The molecular formula is C14H14O6S2. The fourth-order valence-corrected chi connectivity index (χ4v) is 4.84. The van der Waals surface area contributed by atoms with Crippen molar-refractivity contribution in [1.29, 1.82) is 0 Å². The average Bonchev–Trinajstić information content (AvgIpc) is 2.98. The highest BCUT2D eigenvalue weighted by Crippen LogP contribution is 2.45. The highest BCUT2D eigenvalue weighted by Gasteiger charge is 2.47. The molecule has 1 aromatic carbocycles. The van der Waals surface area contributed by atoms with E-state index in [1.54, 1.807) is 30.3 Å². The van der Waals surface area contributed by atoms with E-state index < -0.39 is 33.2 Å². The molecule has 0 amide bonds. The summed E-state index contributed by atoms with van der Waals surface area (Å²) in [5.74, 6) is -1.61. The third kappa shape index (κ3) is 3.75. The van der Waals surface area contributed by atoms with Crippen LogP contribution in [0.4, 0.5) is 0 Å². The molecule has 0 aliphatic carbocycles. The molecule has 2 unspecified atom stereocenters. The van der Waals surface area contributed by atoms with Crippen LogP contribution < -0.4 is 0 Å². The maximum atomic E-state index is 12.0. The van der Waals surface area contributed by atoms with E-state index in [0.29, 0.717) is 5.56 Å².